The molecule has 30 heavy (non-hydrogen) atoms. The predicted octanol–water partition coefficient (Wildman–Crippen LogP) is 0.937. The highest BCUT2D eigenvalue weighted by Crippen LogP contribution is 2.34. The molecular formula is C20H22F2N6O2. The summed E-state index contributed by atoms with van der Waals surface area (Å²) in [7, 11) is 0. The molecule has 0 fully saturated rings. The Labute approximate surface area is 171 Å². The zero-order chi connectivity index (χ0) is 22.3. The summed E-state index contributed by atoms with van der Waals surface area (Å²) < 4.78 is 27.8. The lowest BCUT2D eigenvalue weighted by molar-refractivity contribution is -0.129. The van der Waals surface area contributed by atoms with Gasteiger partial charge in [-0.3, -0.25) is 20.4 Å². The highest BCUT2D eigenvalue weighted by molar-refractivity contribution is 5.97. The third-order valence-electron chi connectivity index (χ3n) is 4.22. The first-order valence-electron chi connectivity index (χ1n) is 8.91. The van der Waals surface area contributed by atoms with Gasteiger partial charge in [0.05, 0.1) is 24.9 Å². The van der Waals surface area contributed by atoms with Gasteiger partial charge in [0, 0.05) is 0 Å². The van der Waals surface area contributed by atoms with Crippen LogP contribution in [-0.4, -0.2) is 36.6 Å². The first-order valence-corrected chi connectivity index (χ1v) is 8.91. The lowest BCUT2D eigenvalue weighted by atomic mass is 9.80. The van der Waals surface area contributed by atoms with Gasteiger partial charge in [0.15, 0.2) is 0 Å². The van der Waals surface area contributed by atoms with Crippen molar-refractivity contribution in [1.29, 1.82) is 10.8 Å². The number of amidine groups is 2. The Morgan fingerprint density at radius 1 is 0.800 bits per heavy atom. The van der Waals surface area contributed by atoms with E-state index >= 15 is 0 Å². The second kappa shape index (κ2) is 10.1. The zero-order valence-corrected chi connectivity index (χ0v) is 15.9. The van der Waals surface area contributed by atoms with E-state index < -0.39 is 35.3 Å². The zero-order valence-electron chi connectivity index (χ0n) is 15.9. The highest BCUT2D eigenvalue weighted by Gasteiger charge is 2.36. The van der Waals surface area contributed by atoms with E-state index in [1.807, 2.05) is 0 Å². The van der Waals surface area contributed by atoms with E-state index in [1.165, 1.54) is 36.4 Å². The lowest BCUT2D eigenvalue weighted by Crippen LogP contribution is -2.43. The number of carbonyl (C=O) groups is 2. The van der Waals surface area contributed by atoms with Gasteiger partial charge in [0.2, 0.25) is 11.8 Å². The van der Waals surface area contributed by atoms with Crippen LogP contribution in [-0.2, 0) is 9.59 Å². The summed E-state index contributed by atoms with van der Waals surface area (Å²) in [5, 5.41) is 19.5. The second-order valence-electron chi connectivity index (χ2n) is 6.55. The maximum Gasteiger partial charge on any atom is 0.229 e. The fraction of sp³-hybridized carbons (Fsp3) is 0.200. The van der Waals surface area contributed by atoms with Crippen LogP contribution in [0, 0.1) is 22.5 Å². The normalized spacial score (nSPS) is 12.5. The summed E-state index contributed by atoms with van der Waals surface area (Å²) >= 11 is 0. The Hall–Kier alpha value is -3.82. The van der Waals surface area contributed by atoms with Crippen LogP contribution in [0.2, 0.25) is 0 Å². The van der Waals surface area contributed by atoms with Crippen LogP contribution in [0.25, 0.3) is 0 Å². The predicted molar refractivity (Wildman–Crippen MR) is 108 cm³/mol. The van der Waals surface area contributed by atoms with Crippen molar-refractivity contribution in [2.24, 2.45) is 11.5 Å². The standard InChI is InChI=1S/C20H22F2N6O2/c21-13-5-1-3-11(7-13)17(19(29)27-9-15(23)24)18(20(30)28-10-16(25)26)12-4-2-6-14(22)8-12/h1-8,17-18H,9-10H2,(H3,23,24)(H3,25,26)(H,27,29)(H,28,30). The molecule has 8 nitrogen and oxygen atoms in total. The number of hydrogen-bond acceptors (Lipinski definition) is 4. The first-order chi connectivity index (χ1) is 14.2. The van der Waals surface area contributed by atoms with Gasteiger partial charge in [-0.15, -0.1) is 0 Å². The summed E-state index contributed by atoms with van der Waals surface area (Å²) in [6.07, 6.45) is 0. The highest BCUT2D eigenvalue weighted by atomic mass is 19.1. The molecule has 2 amide bonds. The largest absolute Gasteiger partial charge is 0.386 e. The van der Waals surface area contributed by atoms with Gasteiger partial charge in [-0.1, -0.05) is 24.3 Å². The summed E-state index contributed by atoms with van der Waals surface area (Å²) in [4.78, 5) is 26.0. The molecule has 2 rings (SSSR count). The molecule has 2 atom stereocenters. The Balaban J connectivity index is 2.57. The molecular weight excluding hydrogens is 394 g/mol. The van der Waals surface area contributed by atoms with E-state index in [4.69, 9.17) is 22.3 Å². The Morgan fingerprint density at radius 3 is 1.47 bits per heavy atom. The van der Waals surface area contributed by atoms with Gasteiger partial charge in [-0.2, -0.15) is 0 Å². The maximum absolute atomic E-state index is 13.9. The molecule has 0 heterocycles. The SMILES string of the molecule is N=C(N)CNC(=O)C(c1cccc(F)c1)C(C(=O)NCC(=N)N)c1cccc(F)c1. The third-order valence-corrected chi connectivity index (χ3v) is 4.22. The van der Waals surface area contributed by atoms with Crippen molar-refractivity contribution in [3.8, 4) is 0 Å². The van der Waals surface area contributed by atoms with Gasteiger partial charge in [0.1, 0.15) is 23.3 Å². The van der Waals surface area contributed by atoms with Crippen molar-refractivity contribution in [1.82, 2.24) is 10.6 Å². The number of halogens is 2. The smallest absolute Gasteiger partial charge is 0.229 e. The molecule has 2 aromatic rings. The molecule has 8 N–H and O–H groups in total. The monoisotopic (exact) mass is 416 g/mol. The molecule has 158 valence electrons. The minimum absolute atomic E-state index is 0.170. The molecule has 0 radical (unpaired) electrons. The number of rotatable bonds is 9. The molecule has 0 aliphatic rings. The van der Waals surface area contributed by atoms with Crippen molar-refractivity contribution in [2.75, 3.05) is 13.1 Å². The molecule has 0 saturated carbocycles. The molecule has 0 saturated heterocycles. The van der Waals surface area contributed by atoms with Crippen molar-refractivity contribution in [3.63, 3.8) is 0 Å². The molecule has 0 bridgehead atoms. The minimum atomic E-state index is -1.27. The quantitative estimate of drug-likeness (QED) is 0.265. The fourth-order valence-electron chi connectivity index (χ4n) is 2.98. The van der Waals surface area contributed by atoms with Crippen molar-refractivity contribution < 1.29 is 18.4 Å². The van der Waals surface area contributed by atoms with Crippen LogP contribution in [0.3, 0.4) is 0 Å². The number of hydrogen-bond donors (Lipinski definition) is 6. The fourth-order valence-corrected chi connectivity index (χ4v) is 2.98. The molecule has 2 unspecified atom stereocenters. The van der Waals surface area contributed by atoms with Crippen LogP contribution >= 0.6 is 0 Å². The molecule has 0 spiro atoms. The molecule has 2 aromatic carbocycles. The van der Waals surface area contributed by atoms with Gasteiger partial charge in [0.25, 0.3) is 0 Å². The Kier molecular flexibility index (Phi) is 7.56. The third kappa shape index (κ3) is 6.09. The van der Waals surface area contributed by atoms with Crippen molar-refractivity contribution in [3.05, 3.63) is 71.3 Å². The van der Waals surface area contributed by atoms with Crippen LogP contribution in [0.1, 0.15) is 23.0 Å². The average Bonchev–Trinajstić information content (AvgIpc) is 2.68. The number of nitrogens with two attached hydrogens (primary N) is 2. The van der Waals surface area contributed by atoms with Crippen molar-refractivity contribution in [2.45, 2.75) is 11.8 Å². The molecule has 0 aliphatic heterocycles. The lowest BCUT2D eigenvalue weighted by Gasteiger charge is -2.26. The number of nitrogens with one attached hydrogen (secondary N) is 4. The van der Waals surface area contributed by atoms with E-state index in [0.717, 1.165) is 12.1 Å². The van der Waals surface area contributed by atoms with Crippen LogP contribution in [0.5, 0.6) is 0 Å². The Morgan fingerprint density at radius 2 is 1.17 bits per heavy atom. The average molecular weight is 416 g/mol. The summed E-state index contributed by atoms with van der Waals surface area (Å²) in [6.45, 7) is -0.564. The first kappa shape index (κ1) is 22.5. The summed E-state index contributed by atoms with van der Waals surface area (Å²) in [5.74, 6) is -5.83. The number of amides is 2. The Bertz CT molecular complexity index is 888. The minimum Gasteiger partial charge on any atom is -0.386 e. The maximum atomic E-state index is 13.9. The topological polar surface area (TPSA) is 158 Å². The van der Waals surface area contributed by atoms with E-state index in [1.54, 1.807) is 0 Å². The molecule has 0 aliphatic carbocycles. The van der Waals surface area contributed by atoms with E-state index in [0.29, 0.717) is 0 Å². The summed E-state index contributed by atoms with van der Waals surface area (Å²) in [6, 6.07) is 10.3. The van der Waals surface area contributed by atoms with Crippen LogP contribution in [0.4, 0.5) is 8.78 Å². The molecule has 10 heteroatoms. The van der Waals surface area contributed by atoms with E-state index in [9.17, 15) is 18.4 Å². The van der Waals surface area contributed by atoms with Gasteiger partial charge in [-0.25, -0.2) is 8.78 Å². The van der Waals surface area contributed by atoms with E-state index in [-0.39, 0.29) is 35.9 Å². The van der Waals surface area contributed by atoms with E-state index in [2.05, 4.69) is 10.6 Å². The molecule has 0 aromatic heterocycles. The summed E-state index contributed by atoms with van der Waals surface area (Å²) in [5.41, 5.74) is 10.9. The van der Waals surface area contributed by atoms with Crippen LogP contribution < -0.4 is 22.1 Å². The van der Waals surface area contributed by atoms with Gasteiger partial charge in [-0.05, 0) is 35.4 Å². The van der Waals surface area contributed by atoms with Crippen LogP contribution in [0.15, 0.2) is 48.5 Å². The van der Waals surface area contributed by atoms with Gasteiger partial charge >= 0.3 is 0 Å². The van der Waals surface area contributed by atoms with Crippen molar-refractivity contribution >= 4 is 23.5 Å². The van der Waals surface area contributed by atoms with Gasteiger partial charge < -0.3 is 22.1 Å². The second-order valence-corrected chi connectivity index (χ2v) is 6.55. The number of benzene rings is 2. The number of carbonyl (C=O) groups excluding carboxylic acids is 2.